The molecule has 0 saturated carbocycles. The third-order valence-corrected chi connectivity index (χ3v) is 3.21. The zero-order valence-electron chi connectivity index (χ0n) is 8.11. The van der Waals surface area contributed by atoms with Crippen molar-refractivity contribution < 1.29 is 0 Å². The maximum absolute atomic E-state index is 4.07. The van der Waals surface area contributed by atoms with E-state index in [9.17, 15) is 0 Å². The monoisotopic (exact) mass is 329 g/mol. The minimum Gasteiger partial charge on any atom is -0.216 e. The van der Waals surface area contributed by atoms with Crippen molar-refractivity contribution in [3.8, 4) is 5.69 Å². The van der Waals surface area contributed by atoms with Gasteiger partial charge >= 0.3 is 0 Å². The van der Waals surface area contributed by atoms with Crippen LogP contribution in [0.15, 0.2) is 28.9 Å². The first kappa shape index (κ1) is 10.8. The van der Waals surface area contributed by atoms with Crippen LogP contribution >= 0.6 is 31.9 Å². The number of benzene rings is 1. The first-order valence-electron chi connectivity index (χ1n) is 4.44. The third kappa shape index (κ3) is 2.13. The van der Waals surface area contributed by atoms with Crippen molar-refractivity contribution in [2.75, 3.05) is 0 Å². The van der Waals surface area contributed by atoms with Crippen LogP contribution in [-0.2, 0) is 5.33 Å². The van der Waals surface area contributed by atoms with Crippen LogP contribution in [0.4, 0.5) is 0 Å². The number of hydrogen-bond acceptors (Lipinski definition) is 2. The molecule has 0 amide bonds. The predicted molar refractivity (Wildman–Crippen MR) is 66.4 cm³/mol. The van der Waals surface area contributed by atoms with Crippen molar-refractivity contribution in [1.29, 1.82) is 0 Å². The lowest BCUT2D eigenvalue weighted by Crippen LogP contribution is -2.02. The molecule has 1 aromatic carbocycles. The van der Waals surface area contributed by atoms with Gasteiger partial charge in [-0.2, -0.15) is 0 Å². The van der Waals surface area contributed by atoms with Gasteiger partial charge in [0.2, 0.25) is 0 Å². The van der Waals surface area contributed by atoms with E-state index in [1.807, 2.05) is 16.8 Å². The first-order valence-corrected chi connectivity index (χ1v) is 6.36. The molecule has 0 fully saturated rings. The molecular formula is C10H9Br2N3. The van der Waals surface area contributed by atoms with E-state index in [1.165, 1.54) is 0 Å². The average molecular weight is 331 g/mol. The molecule has 0 aliphatic rings. The molecule has 0 bridgehead atoms. The normalized spacial score (nSPS) is 10.6. The van der Waals surface area contributed by atoms with Gasteiger partial charge in [0, 0.05) is 9.80 Å². The Morgan fingerprint density at radius 1 is 1.40 bits per heavy atom. The van der Waals surface area contributed by atoms with Crippen LogP contribution in [0.25, 0.3) is 5.69 Å². The molecule has 0 radical (unpaired) electrons. The summed E-state index contributed by atoms with van der Waals surface area (Å²) in [6, 6.07) is 6.09. The maximum Gasteiger partial charge on any atom is 0.0751 e. The van der Waals surface area contributed by atoms with E-state index in [0.717, 1.165) is 26.7 Å². The van der Waals surface area contributed by atoms with Crippen LogP contribution in [0.2, 0.25) is 0 Å². The Balaban J connectivity index is 2.54. The van der Waals surface area contributed by atoms with Crippen LogP contribution in [0, 0.1) is 6.92 Å². The van der Waals surface area contributed by atoms with Crippen LogP contribution in [0.5, 0.6) is 0 Å². The number of aryl methyl sites for hydroxylation is 1. The number of rotatable bonds is 2. The molecule has 0 aliphatic heterocycles. The quantitative estimate of drug-likeness (QED) is 0.791. The van der Waals surface area contributed by atoms with E-state index in [0.29, 0.717) is 0 Å². The molecule has 0 aliphatic carbocycles. The number of hydrogen-bond donors (Lipinski definition) is 0. The SMILES string of the molecule is Cc1cc(Br)ccc1-n1nncc1CBr. The average Bonchev–Trinajstić information content (AvgIpc) is 2.65. The number of aromatic nitrogens is 3. The summed E-state index contributed by atoms with van der Waals surface area (Å²) in [5.41, 5.74) is 3.27. The molecule has 0 unspecified atom stereocenters. The van der Waals surface area contributed by atoms with Gasteiger partial charge in [-0.1, -0.05) is 37.1 Å². The maximum atomic E-state index is 4.07. The standard InChI is InChI=1S/C10H9Br2N3/c1-7-4-8(12)2-3-10(7)15-9(5-11)6-13-14-15/h2-4,6H,5H2,1H3. The summed E-state index contributed by atoms with van der Waals surface area (Å²) in [5.74, 6) is 0. The van der Waals surface area contributed by atoms with Gasteiger partial charge in [-0.05, 0) is 30.7 Å². The Labute approximate surface area is 105 Å². The Kier molecular flexibility index (Phi) is 3.21. The van der Waals surface area contributed by atoms with E-state index >= 15 is 0 Å². The molecule has 0 atom stereocenters. The Hall–Kier alpha value is -0.680. The van der Waals surface area contributed by atoms with Gasteiger partial charge in [-0.15, -0.1) is 5.10 Å². The largest absolute Gasteiger partial charge is 0.216 e. The summed E-state index contributed by atoms with van der Waals surface area (Å²) in [6.45, 7) is 2.06. The van der Waals surface area contributed by atoms with Crippen molar-refractivity contribution in [3.63, 3.8) is 0 Å². The predicted octanol–water partition coefficient (Wildman–Crippen LogP) is 3.23. The zero-order chi connectivity index (χ0) is 10.8. The molecule has 1 heterocycles. The van der Waals surface area contributed by atoms with Crippen LogP contribution in [0.1, 0.15) is 11.3 Å². The smallest absolute Gasteiger partial charge is 0.0751 e. The fourth-order valence-corrected chi connectivity index (χ4v) is 2.26. The van der Waals surface area contributed by atoms with Crippen LogP contribution in [0.3, 0.4) is 0 Å². The Bertz CT molecular complexity index is 479. The fraction of sp³-hybridized carbons (Fsp3) is 0.200. The highest BCUT2D eigenvalue weighted by Gasteiger charge is 2.07. The molecule has 15 heavy (non-hydrogen) atoms. The van der Waals surface area contributed by atoms with E-state index < -0.39 is 0 Å². The van der Waals surface area contributed by atoms with Crippen molar-refractivity contribution in [2.24, 2.45) is 0 Å². The topological polar surface area (TPSA) is 30.7 Å². The number of halogens is 2. The van der Waals surface area contributed by atoms with Crippen molar-refractivity contribution in [1.82, 2.24) is 15.0 Å². The molecule has 0 saturated heterocycles. The van der Waals surface area contributed by atoms with Gasteiger partial charge in [0.05, 0.1) is 17.6 Å². The Morgan fingerprint density at radius 3 is 2.87 bits per heavy atom. The van der Waals surface area contributed by atoms with E-state index in [2.05, 4.69) is 55.2 Å². The highest BCUT2D eigenvalue weighted by Crippen LogP contribution is 2.20. The van der Waals surface area contributed by atoms with Gasteiger partial charge in [-0.3, -0.25) is 0 Å². The van der Waals surface area contributed by atoms with Crippen molar-refractivity contribution in [2.45, 2.75) is 12.3 Å². The van der Waals surface area contributed by atoms with E-state index in [4.69, 9.17) is 0 Å². The third-order valence-electron chi connectivity index (χ3n) is 2.14. The molecule has 0 spiro atoms. The molecule has 1 aromatic heterocycles. The lowest BCUT2D eigenvalue weighted by atomic mass is 10.2. The fourth-order valence-electron chi connectivity index (χ4n) is 1.41. The number of nitrogens with zero attached hydrogens (tertiary/aromatic N) is 3. The van der Waals surface area contributed by atoms with Gasteiger partial charge in [0.25, 0.3) is 0 Å². The molecule has 5 heteroatoms. The highest BCUT2D eigenvalue weighted by atomic mass is 79.9. The lowest BCUT2D eigenvalue weighted by molar-refractivity contribution is 0.778. The van der Waals surface area contributed by atoms with Gasteiger partial charge in [0.15, 0.2) is 0 Å². The molecular weight excluding hydrogens is 322 g/mol. The minimum atomic E-state index is 0.746. The summed E-state index contributed by atoms with van der Waals surface area (Å²) >= 11 is 6.85. The van der Waals surface area contributed by atoms with Gasteiger partial charge in [0.1, 0.15) is 0 Å². The molecule has 78 valence electrons. The molecule has 3 nitrogen and oxygen atoms in total. The molecule has 2 aromatic rings. The summed E-state index contributed by atoms with van der Waals surface area (Å²) in [7, 11) is 0. The summed E-state index contributed by atoms with van der Waals surface area (Å²) in [5, 5.41) is 8.72. The minimum absolute atomic E-state index is 0.746. The Morgan fingerprint density at radius 2 is 2.20 bits per heavy atom. The number of alkyl halides is 1. The highest BCUT2D eigenvalue weighted by molar-refractivity contribution is 9.10. The first-order chi connectivity index (χ1) is 7.22. The summed E-state index contributed by atoms with van der Waals surface area (Å²) in [4.78, 5) is 0. The van der Waals surface area contributed by atoms with E-state index in [1.54, 1.807) is 6.20 Å². The van der Waals surface area contributed by atoms with Crippen LogP contribution < -0.4 is 0 Å². The second-order valence-electron chi connectivity index (χ2n) is 3.20. The molecule has 2 rings (SSSR count). The van der Waals surface area contributed by atoms with Crippen molar-refractivity contribution in [3.05, 3.63) is 40.1 Å². The zero-order valence-corrected chi connectivity index (χ0v) is 11.3. The van der Waals surface area contributed by atoms with E-state index in [-0.39, 0.29) is 0 Å². The molecule has 0 N–H and O–H groups in total. The van der Waals surface area contributed by atoms with Gasteiger partial charge in [-0.25, -0.2) is 4.68 Å². The second kappa shape index (κ2) is 4.45. The second-order valence-corrected chi connectivity index (χ2v) is 4.68. The lowest BCUT2D eigenvalue weighted by Gasteiger charge is -2.07. The van der Waals surface area contributed by atoms with Crippen LogP contribution in [-0.4, -0.2) is 15.0 Å². The summed E-state index contributed by atoms with van der Waals surface area (Å²) < 4.78 is 2.92. The van der Waals surface area contributed by atoms with Gasteiger partial charge < -0.3 is 0 Å². The van der Waals surface area contributed by atoms with Crippen molar-refractivity contribution >= 4 is 31.9 Å². The summed E-state index contributed by atoms with van der Waals surface area (Å²) in [6.07, 6.45) is 1.76.